The molecule has 0 aliphatic heterocycles. The number of aliphatic hydroxyl groups is 1. The number of aryl methyl sites for hydroxylation is 1. The maximum absolute atomic E-state index is 11.4. The standard InChI is InChI=1S/C15H22O3/c1-3-11-18-15(17)10-9-14(16)13-8-6-5-7-12(13)4-2/h5-8,14,16H,3-4,9-11H2,1-2H3. The van der Waals surface area contributed by atoms with Crippen LogP contribution >= 0.6 is 0 Å². The van der Waals surface area contributed by atoms with E-state index in [9.17, 15) is 9.90 Å². The van der Waals surface area contributed by atoms with Crippen molar-refractivity contribution in [1.29, 1.82) is 0 Å². The molecule has 0 spiro atoms. The van der Waals surface area contributed by atoms with Gasteiger partial charge in [-0.2, -0.15) is 0 Å². The molecule has 0 saturated heterocycles. The molecular formula is C15H22O3. The molecule has 0 aliphatic carbocycles. The monoisotopic (exact) mass is 250 g/mol. The van der Waals surface area contributed by atoms with Crippen LogP contribution in [0.1, 0.15) is 50.3 Å². The van der Waals surface area contributed by atoms with Crippen molar-refractivity contribution in [1.82, 2.24) is 0 Å². The summed E-state index contributed by atoms with van der Waals surface area (Å²) >= 11 is 0. The average molecular weight is 250 g/mol. The second-order valence-electron chi connectivity index (χ2n) is 4.33. The number of rotatable bonds is 7. The van der Waals surface area contributed by atoms with Crippen LogP contribution in [0.3, 0.4) is 0 Å². The Morgan fingerprint density at radius 2 is 2.06 bits per heavy atom. The Kier molecular flexibility index (Phi) is 6.44. The van der Waals surface area contributed by atoms with Crippen molar-refractivity contribution in [3.05, 3.63) is 35.4 Å². The van der Waals surface area contributed by atoms with Crippen LogP contribution in [0.4, 0.5) is 0 Å². The van der Waals surface area contributed by atoms with Gasteiger partial charge in [0.2, 0.25) is 0 Å². The lowest BCUT2D eigenvalue weighted by atomic mass is 9.98. The molecule has 0 fully saturated rings. The first kappa shape index (κ1) is 14.7. The summed E-state index contributed by atoms with van der Waals surface area (Å²) in [6.45, 7) is 4.47. The molecular weight excluding hydrogens is 228 g/mol. The Balaban J connectivity index is 2.49. The lowest BCUT2D eigenvalue weighted by Crippen LogP contribution is -2.09. The van der Waals surface area contributed by atoms with E-state index < -0.39 is 6.10 Å². The highest BCUT2D eigenvalue weighted by atomic mass is 16.5. The fourth-order valence-corrected chi connectivity index (χ4v) is 1.88. The van der Waals surface area contributed by atoms with Crippen molar-refractivity contribution in [2.24, 2.45) is 0 Å². The van der Waals surface area contributed by atoms with Crippen LogP contribution in [0.15, 0.2) is 24.3 Å². The van der Waals surface area contributed by atoms with E-state index >= 15 is 0 Å². The molecule has 3 heteroatoms. The van der Waals surface area contributed by atoms with E-state index in [2.05, 4.69) is 6.92 Å². The predicted octanol–water partition coefficient (Wildman–Crippen LogP) is 3.02. The van der Waals surface area contributed by atoms with Crippen LogP contribution in [0, 0.1) is 0 Å². The van der Waals surface area contributed by atoms with Crippen molar-refractivity contribution in [2.75, 3.05) is 6.61 Å². The number of benzene rings is 1. The highest BCUT2D eigenvalue weighted by Gasteiger charge is 2.13. The van der Waals surface area contributed by atoms with E-state index in [1.54, 1.807) is 0 Å². The fourth-order valence-electron chi connectivity index (χ4n) is 1.88. The molecule has 18 heavy (non-hydrogen) atoms. The minimum absolute atomic E-state index is 0.232. The first-order valence-corrected chi connectivity index (χ1v) is 6.60. The SMILES string of the molecule is CCCOC(=O)CCC(O)c1ccccc1CC. The molecule has 0 radical (unpaired) electrons. The molecule has 1 unspecified atom stereocenters. The normalized spacial score (nSPS) is 12.2. The topological polar surface area (TPSA) is 46.5 Å². The molecule has 0 amide bonds. The maximum Gasteiger partial charge on any atom is 0.305 e. The number of carbonyl (C=O) groups is 1. The fraction of sp³-hybridized carbons (Fsp3) is 0.533. The third kappa shape index (κ3) is 4.49. The van der Waals surface area contributed by atoms with Gasteiger partial charge in [-0.05, 0) is 30.4 Å². The van der Waals surface area contributed by atoms with Gasteiger partial charge in [-0.1, -0.05) is 38.1 Å². The third-order valence-electron chi connectivity index (χ3n) is 2.88. The van der Waals surface area contributed by atoms with E-state index in [-0.39, 0.29) is 12.4 Å². The van der Waals surface area contributed by atoms with Gasteiger partial charge in [0.15, 0.2) is 0 Å². The summed E-state index contributed by atoms with van der Waals surface area (Å²) in [4.78, 5) is 11.4. The molecule has 1 aromatic carbocycles. The number of aliphatic hydroxyl groups excluding tert-OH is 1. The molecule has 3 nitrogen and oxygen atoms in total. The zero-order chi connectivity index (χ0) is 13.4. The zero-order valence-corrected chi connectivity index (χ0v) is 11.2. The van der Waals surface area contributed by atoms with Crippen LogP contribution in [-0.2, 0) is 16.0 Å². The van der Waals surface area contributed by atoms with Crippen LogP contribution in [0.5, 0.6) is 0 Å². The van der Waals surface area contributed by atoms with E-state index in [1.165, 1.54) is 0 Å². The van der Waals surface area contributed by atoms with Gasteiger partial charge in [-0.3, -0.25) is 4.79 Å². The zero-order valence-electron chi connectivity index (χ0n) is 11.2. The lowest BCUT2D eigenvalue weighted by Gasteiger charge is -2.14. The van der Waals surface area contributed by atoms with Crippen molar-refractivity contribution >= 4 is 5.97 Å². The number of hydrogen-bond acceptors (Lipinski definition) is 3. The van der Waals surface area contributed by atoms with Gasteiger partial charge >= 0.3 is 5.97 Å². The summed E-state index contributed by atoms with van der Waals surface area (Å²) < 4.78 is 4.98. The van der Waals surface area contributed by atoms with Crippen LogP contribution in [0.2, 0.25) is 0 Å². The smallest absolute Gasteiger partial charge is 0.305 e. The quantitative estimate of drug-likeness (QED) is 0.757. The Morgan fingerprint density at radius 3 is 2.72 bits per heavy atom. The summed E-state index contributed by atoms with van der Waals surface area (Å²) in [6.07, 6.45) is 1.80. The predicted molar refractivity (Wildman–Crippen MR) is 71.3 cm³/mol. The Hall–Kier alpha value is -1.35. The molecule has 0 saturated carbocycles. The number of ether oxygens (including phenoxy) is 1. The van der Waals surface area contributed by atoms with E-state index in [0.717, 1.165) is 24.0 Å². The highest BCUT2D eigenvalue weighted by molar-refractivity contribution is 5.69. The first-order chi connectivity index (χ1) is 8.69. The van der Waals surface area contributed by atoms with Crippen molar-refractivity contribution < 1.29 is 14.6 Å². The third-order valence-corrected chi connectivity index (χ3v) is 2.88. The molecule has 0 heterocycles. The van der Waals surface area contributed by atoms with Crippen molar-refractivity contribution in [3.8, 4) is 0 Å². The summed E-state index contributed by atoms with van der Waals surface area (Å²) in [5.74, 6) is -0.232. The summed E-state index contributed by atoms with van der Waals surface area (Å²) in [5.41, 5.74) is 2.05. The summed E-state index contributed by atoms with van der Waals surface area (Å²) in [5, 5.41) is 10.1. The van der Waals surface area contributed by atoms with Gasteiger partial charge < -0.3 is 9.84 Å². The van der Waals surface area contributed by atoms with E-state index in [0.29, 0.717) is 13.0 Å². The molecule has 1 aromatic rings. The Bertz CT molecular complexity index is 374. The second-order valence-corrected chi connectivity index (χ2v) is 4.33. The van der Waals surface area contributed by atoms with Crippen molar-refractivity contribution in [2.45, 2.75) is 45.6 Å². The van der Waals surface area contributed by atoms with Crippen molar-refractivity contribution in [3.63, 3.8) is 0 Å². The molecule has 0 bridgehead atoms. The minimum atomic E-state index is -0.588. The molecule has 100 valence electrons. The Morgan fingerprint density at radius 1 is 1.33 bits per heavy atom. The largest absolute Gasteiger partial charge is 0.466 e. The molecule has 1 N–H and O–H groups in total. The first-order valence-electron chi connectivity index (χ1n) is 6.60. The Labute approximate surface area is 109 Å². The van der Waals surface area contributed by atoms with Gasteiger partial charge in [0.25, 0.3) is 0 Å². The number of hydrogen-bond donors (Lipinski definition) is 1. The van der Waals surface area contributed by atoms with Gasteiger partial charge in [0.05, 0.1) is 12.7 Å². The summed E-state index contributed by atoms with van der Waals surface area (Å²) in [7, 11) is 0. The molecule has 1 atom stereocenters. The minimum Gasteiger partial charge on any atom is -0.466 e. The lowest BCUT2D eigenvalue weighted by molar-refractivity contribution is -0.144. The molecule has 0 aromatic heterocycles. The average Bonchev–Trinajstić information content (AvgIpc) is 2.42. The maximum atomic E-state index is 11.4. The van der Waals surface area contributed by atoms with Crippen LogP contribution in [-0.4, -0.2) is 17.7 Å². The van der Waals surface area contributed by atoms with Gasteiger partial charge in [0.1, 0.15) is 0 Å². The van der Waals surface area contributed by atoms with Gasteiger partial charge in [-0.15, -0.1) is 0 Å². The van der Waals surface area contributed by atoms with Crippen LogP contribution < -0.4 is 0 Å². The highest BCUT2D eigenvalue weighted by Crippen LogP contribution is 2.22. The number of esters is 1. The van der Waals surface area contributed by atoms with E-state index in [1.807, 2.05) is 31.2 Å². The number of carbonyl (C=O) groups excluding carboxylic acids is 1. The summed E-state index contributed by atoms with van der Waals surface area (Å²) in [6, 6.07) is 7.80. The molecule has 0 aliphatic rings. The van der Waals surface area contributed by atoms with E-state index in [4.69, 9.17) is 4.74 Å². The molecule has 1 rings (SSSR count). The second kappa shape index (κ2) is 7.88. The van der Waals surface area contributed by atoms with Gasteiger partial charge in [0, 0.05) is 6.42 Å². The van der Waals surface area contributed by atoms with Gasteiger partial charge in [-0.25, -0.2) is 0 Å². The van der Waals surface area contributed by atoms with Crippen LogP contribution in [0.25, 0.3) is 0 Å².